The molecule has 19 heavy (non-hydrogen) atoms. The Bertz CT molecular complexity index is 539. The number of aliphatic hydroxyl groups excluding tert-OH is 1. The lowest BCUT2D eigenvalue weighted by Gasteiger charge is -2.13. The molecular formula is C12H16O6S. The molecule has 0 bridgehead atoms. The highest BCUT2D eigenvalue weighted by molar-refractivity contribution is 7.85. The molecule has 1 heterocycles. The van der Waals surface area contributed by atoms with E-state index in [0.717, 1.165) is 11.8 Å². The lowest BCUT2D eigenvalue weighted by Crippen LogP contribution is -2.19. The molecule has 0 spiro atoms. The van der Waals surface area contributed by atoms with E-state index in [-0.39, 0.29) is 25.9 Å². The molecule has 0 amide bonds. The van der Waals surface area contributed by atoms with Crippen LogP contribution in [0.3, 0.4) is 0 Å². The predicted molar refractivity (Wildman–Crippen MR) is 67.6 cm³/mol. The number of fused-ring (bicyclic) bond motifs is 1. The molecule has 1 aromatic rings. The van der Waals surface area contributed by atoms with Crippen molar-refractivity contribution in [1.29, 1.82) is 0 Å². The summed E-state index contributed by atoms with van der Waals surface area (Å²) in [6.45, 7) is 0.0210. The van der Waals surface area contributed by atoms with Gasteiger partial charge >= 0.3 is 0 Å². The first-order valence-electron chi connectivity index (χ1n) is 5.82. The highest BCUT2D eigenvalue weighted by Gasteiger charge is 2.16. The Kier molecular flexibility index (Phi) is 4.28. The SMILES string of the molecule is CS(=O)(=O)OC[C@H](CO)Cc1ccc2c(c1)OCO2. The first-order valence-corrected chi connectivity index (χ1v) is 7.63. The van der Waals surface area contributed by atoms with Gasteiger partial charge in [0.15, 0.2) is 11.5 Å². The van der Waals surface area contributed by atoms with E-state index in [0.29, 0.717) is 17.9 Å². The number of aliphatic hydroxyl groups is 1. The smallest absolute Gasteiger partial charge is 0.264 e. The monoisotopic (exact) mass is 288 g/mol. The van der Waals surface area contributed by atoms with Gasteiger partial charge in [0.25, 0.3) is 10.1 Å². The van der Waals surface area contributed by atoms with Gasteiger partial charge in [0.1, 0.15) is 0 Å². The number of benzene rings is 1. The minimum Gasteiger partial charge on any atom is -0.454 e. The molecule has 1 aromatic carbocycles. The molecule has 1 aliphatic rings. The molecule has 0 fully saturated rings. The second-order valence-electron chi connectivity index (χ2n) is 4.43. The maximum absolute atomic E-state index is 10.9. The van der Waals surface area contributed by atoms with Crippen molar-refractivity contribution in [2.45, 2.75) is 6.42 Å². The molecule has 0 radical (unpaired) electrons. The molecule has 1 atom stereocenters. The van der Waals surface area contributed by atoms with Gasteiger partial charge in [0.05, 0.1) is 12.9 Å². The highest BCUT2D eigenvalue weighted by Crippen LogP contribution is 2.33. The van der Waals surface area contributed by atoms with Gasteiger partial charge in [-0.2, -0.15) is 8.42 Å². The predicted octanol–water partition coefficient (Wildman–Crippen LogP) is 0.542. The minimum absolute atomic E-state index is 0.0379. The van der Waals surface area contributed by atoms with E-state index in [4.69, 9.17) is 13.7 Å². The highest BCUT2D eigenvalue weighted by atomic mass is 32.2. The van der Waals surface area contributed by atoms with Gasteiger partial charge in [0.2, 0.25) is 6.79 Å². The number of hydrogen-bond acceptors (Lipinski definition) is 6. The summed E-state index contributed by atoms with van der Waals surface area (Å²) >= 11 is 0. The summed E-state index contributed by atoms with van der Waals surface area (Å²) in [7, 11) is -3.49. The maximum Gasteiger partial charge on any atom is 0.264 e. The molecule has 1 aliphatic heterocycles. The van der Waals surface area contributed by atoms with Crippen LogP contribution in [0.4, 0.5) is 0 Å². The Hall–Kier alpha value is -1.31. The second kappa shape index (κ2) is 5.77. The fourth-order valence-electron chi connectivity index (χ4n) is 1.80. The molecule has 0 saturated heterocycles. The van der Waals surface area contributed by atoms with Crippen LogP contribution in [0.2, 0.25) is 0 Å². The van der Waals surface area contributed by atoms with Gasteiger partial charge in [-0.1, -0.05) is 6.07 Å². The number of ether oxygens (including phenoxy) is 2. The number of rotatable bonds is 6. The van der Waals surface area contributed by atoms with Crippen molar-refractivity contribution in [3.05, 3.63) is 23.8 Å². The first kappa shape index (κ1) is 14.1. The Morgan fingerprint density at radius 2 is 2.11 bits per heavy atom. The van der Waals surface area contributed by atoms with Crippen LogP contribution in [0, 0.1) is 5.92 Å². The average molecular weight is 288 g/mol. The summed E-state index contributed by atoms with van der Waals surface area (Å²) in [6, 6.07) is 5.48. The summed E-state index contributed by atoms with van der Waals surface area (Å²) < 4.78 is 37.0. The van der Waals surface area contributed by atoms with Crippen molar-refractivity contribution in [3.63, 3.8) is 0 Å². The van der Waals surface area contributed by atoms with E-state index in [2.05, 4.69) is 0 Å². The lowest BCUT2D eigenvalue weighted by molar-refractivity contribution is 0.166. The van der Waals surface area contributed by atoms with Gasteiger partial charge in [-0.05, 0) is 24.1 Å². The Morgan fingerprint density at radius 1 is 1.37 bits per heavy atom. The van der Waals surface area contributed by atoms with Crippen LogP contribution in [0.25, 0.3) is 0 Å². The van der Waals surface area contributed by atoms with Gasteiger partial charge in [-0.25, -0.2) is 0 Å². The third-order valence-corrected chi connectivity index (χ3v) is 3.30. The van der Waals surface area contributed by atoms with Crippen LogP contribution in [0.1, 0.15) is 5.56 Å². The molecule has 2 rings (SSSR count). The molecule has 1 N–H and O–H groups in total. The van der Waals surface area contributed by atoms with Crippen LogP contribution in [-0.4, -0.2) is 39.8 Å². The van der Waals surface area contributed by atoms with E-state index < -0.39 is 10.1 Å². The zero-order valence-corrected chi connectivity index (χ0v) is 11.4. The minimum atomic E-state index is -3.49. The normalized spacial score (nSPS) is 15.5. The largest absolute Gasteiger partial charge is 0.454 e. The zero-order chi connectivity index (χ0) is 13.9. The van der Waals surface area contributed by atoms with Gasteiger partial charge in [-0.3, -0.25) is 4.18 Å². The van der Waals surface area contributed by atoms with E-state index in [9.17, 15) is 13.5 Å². The summed E-state index contributed by atoms with van der Waals surface area (Å²) in [5.74, 6) is 1.07. The van der Waals surface area contributed by atoms with Crippen LogP contribution >= 0.6 is 0 Å². The first-order chi connectivity index (χ1) is 8.98. The molecule has 106 valence electrons. The van der Waals surface area contributed by atoms with E-state index >= 15 is 0 Å². The van der Waals surface area contributed by atoms with Crippen molar-refractivity contribution < 1.29 is 27.2 Å². The molecule has 7 heteroatoms. The molecule has 0 saturated carbocycles. The van der Waals surface area contributed by atoms with E-state index in [1.54, 1.807) is 6.07 Å². The van der Waals surface area contributed by atoms with E-state index in [1.807, 2.05) is 12.1 Å². The quantitative estimate of drug-likeness (QED) is 0.769. The molecule has 6 nitrogen and oxygen atoms in total. The van der Waals surface area contributed by atoms with Crippen molar-refractivity contribution in [1.82, 2.24) is 0 Å². The van der Waals surface area contributed by atoms with Crippen molar-refractivity contribution in [3.8, 4) is 11.5 Å². The fourth-order valence-corrected chi connectivity index (χ4v) is 2.24. The Balaban J connectivity index is 1.98. The topological polar surface area (TPSA) is 82.1 Å². The van der Waals surface area contributed by atoms with E-state index in [1.165, 1.54) is 0 Å². The van der Waals surface area contributed by atoms with Crippen LogP contribution < -0.4 is 9.47 Å². The van der Waals surface area contributed by atoms with Crippen molar-refractivity contribution in [2.24, 2.45) is 5.92 Å². The second-order valence-corrected chi connectivity index (χ2v) is 6.07. The van der Waals surface area contributed by atoms with Crippen LogP contribution in [0.5, 0.6) is 11.5 Å². The van der Waals surface area contributed by atoms with Crippen LogP contribution in [-0.2, 0) is 20.7 Å². The Labute approximate surface area is 112 Å². The molecule has 0 unspecified atom stereocenters. The lowest BCUT2D eigenvalue weighted by atomic mass is 10.0. The third kappa shape index (κ3) is 4.09. The average Bonchev–Trinajstić information content (AvgIpc) is 2.80. The van der Waals surface area contributed by atoms with Crippen LogP contribution in [0.15, 0.2) is 18.2 Å². The van der Waals surface area contributed by atoms with Crippen molar-refractivity contribution >= 4 is 10.1 Å². The van der Waals surface area contributed by atoms with Gasteiger partial charge in [0, 0.05) is 12.5 Å². The maximum atomic E-state index is 10.9. The fraction of sp³-hybridized carbons (Fsp3) is 0.500. The zero-order valence-electron chi connectivity index (χ0n) is 10.5. The third-order valence-electron chi connectivity index (χ3n) is 2.74. The summed E-state index contributed by atoms with van der Waals surface area (Å²) in [4.78, 5) is 0. The molecule has 0 aliphatic carbocycles. The van der Waals surface area contributed by atoms with Gasteiger partial charge in [-0.15, -0.1) is 0 Å². The van der Waals surface area contributed by atoms with Crippen molar-refractivity contribution in [2.75, 3.05) is 26.3 Å². The standard InChI is InChI=1S/C12H16O6S/c1-19(14,15)18-7-10(6-13)4-9-2-3-11-12(5-9)17-8-16-11/h2-3,5,10,13H,4,6-8H2,1H3/t10-/m0/s1. The summed E-state index contributed by atoms with van der Waals surface area (Å²) in [5, 5.41) is 9.25. The molecular weight excluding hydrogens is 272 g/mol. The Morgan fingerprint density at radius 3 is 2.79 bits per heavy atom. The molecule has 0 aromatic heterocycles. The summed E-state index contributed by atoms with van der Waals surface area (Å²) in [6.07, 6.45) is 1.49. The van der Waals surface area contributed by atoms with Gasteiger partial charge < -0.3 is 14.6 Å². The number of hydrogen-bond donors (Lipinski definition) is 1. The summed E-state index contributed by atoms with van der Waals surface area (Å²) in [5.41, 5.74) is 0.931.